The van der Waals surface area contributed by atoms with Crippen molar-refractivity contribution in [1.82, 2.24) is 15.0 Å². The van der Waals surface area contributed by atoms with Gasteiger partial charge in [0.05, 0.1) is 4.92 Å². The van der Waals surface area contributed by atoms with Crippen molar-refractivity contribution < 1.29 is 4.92 Å². The van der Waals surface area contributed by atoms with Crippen LogP contribution in [0.2, 0.25) is 0 Å². The largest absolute Gasteiger partial charge is 0.353 e. The Morgan fingerprint density at radius 1 is 1.23 bits per heavy atom. The number of piperazine rings is 1. The molecule has 1 aliphatic rings. The number of hydrogen-bond acceptors (Lipinski definition) is 7. The number of nitro groups is 1. The van der Waals surface area contributed by atoms with Gasteiger partial charge in [-0.2, -0.15) is 0 Å². The smallest absolute Gasteiger partial charge is 0.305 e. The highest BCUT2D eigenvalue weighted by molar-refractivity contribution is 5.43. The number of pyridine rings is 1. The van der Waals surface area contributed by atoms with Crippen LogP contribution in [-0.2, 0) is 0 Å². The minimum absolute atomic E-state index is 0.0940. The van der Waals surface area contributed by atoms with Crippen LogP contribution >= 0.6 is 0 Å². The molecule has 3 heterocycles. The molecule has 0 unspecified atom stereocenters. The lowest BCUT2D eigenvalue weighted by atomic mass is 10.2. The van der Waals surface area contributed by atoms with Crippen LogP contribution in [0.4, 0.5) is 17.5 Å². The Labute approximate surface area is 127 Å². The van der Waals surface area contributed by atoms with E-state index < -0.39 is 4.92 Å². The van der Waals surface area contributed by atoms with Gasteiger partial charge in [-0.05, 0) is 19.1 Å². The third-order valence-corrected chi connectivity index (χ3v) is 3.69. The zero-order chi connectivity index (χ0) is 15.5. The zero-order valence-electron chi connectivity index (χ0n) is 12.2. The molecule has 22 heavy (non-hydrogen) atoms. The van der Waals surface area contributed by atoms with Crippen LogP contribution in [0, 0.1) is 10.1 Å². The van der Waals surface area contributed by atoms with Crippen LogP contribution in [0.1, 0.15) is 6.92 Å². The molecule has 2 aromatic heterocycles. The standard InChI is InChI=1S/C14H16N6O2/c1-11-10-18(13-4-2-3-5-15-13)6-7-19(11)14-16-8-12(9-17-14)20(21)22/h2-5,8-9,11H,6-7,10H2,1H3/t11-/m0/s1. The molecule has 0 aliphatic carbocycles. The van der Waals surface area contributed by atoms with Gasteiger partial charge in [0.2, 0.25) is 5.95 Å². The first kappa shape index (κ1) is 14.2. The first-order valence-corrected chi connectivity index (χ1v) is 7.04. The van der Waals surface area contributed by atoms with Crippen molar-refractivity contribution in [3.63, 3.8) is 0 Å². The van der Waals surface area contributed by atoms with E-state index in [-0.39, 0.29) is 11.7 Å². The van der Waals surface area contributed by atoms with E-state index in [1.165, 1.54) is 12.4 Å². The molecule has 1 atom stereocenters. The number of nitrogens with zero attached hydrogens (tertiary/aromatic N) is 6. The van der Waals surface area contributed by atoms with Gasteiger partial charge in [0, 0.05) is 31.9 Å². The maximum absolute atomic E-state index is 10.7. The van der Waals surface area contributed by atoms with E-state index in [4.69, 9.17) is 0 Å². The molecule has 0 aromatic carbocycles. The average molecular weight is 300 g/mol. The first-order chi connectivity index (χ1) is 10.6. The fourth-order valence-corrected chi connectivity index (χ4v) is 2.56. The van der Waals surface area contributed by atoms with Gasteiger partial charge in [0.1, 0.15) is 18.2 Å². The average Bonchev–Trinajstić information content (AvgIpc) is 2.56. The van der Waals surface area contributed by atoms with Gasteiger partial charge in [-0.25, -0.2) is 15.0 Å². The number of aromatic nitrogens is 3. The number of hydrogen-bond donors (Lipinski definition) is 0. The summed E-state index contributed by atoms with van der Waals surface area (Å²) in [5, 5.41) is 10.7. The summed E-state index contributed by atoms with van der Waals surface area (Å²) in [5.74, 6) is 1.48. The molecule has 2 aromatic rings. The van der Waals surface area contributed by atoms with Gasteiger partial charge in [-0.3, -0.25) is 10.1 Å². The van der Waals surface area contributed by atoms with Crippen molar-refractivity contribution in [2.45, 2.75) is 13.0 Å². The molecule has 0 N–H and O–H groups in total. The van der Waals surface area contributed by atoms with Gasteiger partial charge in [-0.15, -0.1) is 0 Å². The second kappa shape index (κ2) is 5.92. The summed E-state index contributed by atoms with van der Waals surface area (Å²) in [6.07, 6.45) is 4.28. The van der Waals surface area contributed by atoms with E-state index in [0.717, 1.165) is 25.5 Å². The normalized spacial score (nSPS) is 18.3. The first-order valence-electron chi connectivity index (χ1n) is 7.04. The van der Waals surface area contributed by atoms with E-state index in [2.05, 4.69) is 31.7 Å². The zero-order valence-corrected chi connectivity index (χ0v) is 12.2. The molecular formula is C14H16N6O2. The van der Waals surface area contributed by atoms with Gasteiger partial charge >= 0.3 is 5.69 Å². The molecule has 1 saturated heterocycles. The Kier molecular flexibility index (Phi) is 3.82. The van der Waals surface area contributed by atoms with Crippen molar-refractivity contribution in [2.24, 2.45) is 0 Å². The highest BCUT2D eigenvalue weighted by Gasteiger charge is 2.26. The van der Waals surface area contributed by atoms with Crippen molar-refractivity contribution in [3.8, 4) is 0 Å². The SMILES string of the molecule is C[C@H]1CN(c2ccccn2)CCN1c1ncc([N+](=O)[O-])cn1. The van der Waals surface area contributed by atoms with E-state index in [1.807, 2.05) is 18.2 Å². The molecular weight excluding hydrogens is 284 g/mol. The summed E-state index contributed by atoms with van der Waals surface area (Å²) in [5.41, 5.74) is -0.0940. The van der Waals surface area contributed by atoms with Crippen LogP contribution in [0.15, 0.2) is 36.8 Å². The van der Waals surface area contributed by atoms with Gasteiger partial charge in [0.15, 0.2) is 0 Å². The predicted molar refractivity (Wildman–Crippen MR) is 81.9 cm³/mol. The molecule has 0 radical (unpaired) electrons. The van der Waals surface area contributed by atoms with E-state index in [1.54, 1.807) is 6.20 Å². The quantitative estimate of drug-likeness (QED) is 0.626. The van der Waals surface area contributed by atoms with E-state index in [0.29, 0.717) is 5.95 Å². The Hall–Kier alpha value is -2.77. The monoisotopic (exact) mass is 300 g/mol. The Morgan fingerprint density at radius 3 is 2.59 bits per heavy atom. The molecule has 0 saturated carbocycles. The molecule has 3 rings (SSSR count). The molecule has 114 valence electrons. The molecule has 0 spiro atoms. The highest BCUT2D eigenvalue weighted by Crippen LogP contribution is 2.20. The summed E-state index contributed by atoms with van der Waals surface area (Å²) in [7, 11) is 0. The van der Waals surface area contributed by atoms with Gasteiger partial charge < -0.3 is 9.80 Å². The Balaban J connectivity index is 1.71. The van der Waals surface area contributed by atoms with Crippen LogP contribution in [0.3, 0.4) is 0 Å². The van der Waals surface area contributed by atoms with Crippen molar-refractivity contribution in [2.75, 3.05) is 29.4 Å². The predicted octanol–water partition coefficient (Wildman–Crippen LogP) is 1.49. The maximum Gasteiger partial charge on any atom is 0.305 e. The third-order valence-electron chi connectivity index (χ3n) is 3.69. The third kappa shape index (κ3) is 2.80. The summed E-state index contributed by atoms with van der Waals surface area (Å²) in [6.45, 7) is 4.44. The van der Waals surface area contributed by atoms with Crippen LogP contribution in [0.25, 0.3) is 0 Å². The van der Waals surface area contributed by atoms with Crippen molar-refractivity contribution in [3.05, 3.63) is 46.9 Å². The minimum Gasteiger partial charge on any atom is -0.353 e. The Morgan fingerprint density at radius 2 is 2.00 bits per heavy atom. The van der Waals surface area contributed by atoms with E-state index >= 15 is 0 Å². The lowest BCUT2D eigenvalue weighted by Gasteiger charge is -2.40. The summed E-state index contributed by atoms with van der Waals surface area (Å²) >= 11 is 0. The van der Waals surface area contributed by atoms with Crippen LogP contribution in [0.5, 0.6) is 0 Å². The second-order valence-corrected chi connectivity index (χ2v) is 5.17. The fourth-order valence-electron chi connectivity index (χ4n) is 2.56. The summed E-state index contributed by atoms with van der Waals surface area (Å²) in [6, 6.07) is 6.05. The maximum atomic E-state index is 10.7. The lowest BCUT2D eigenvalue weighted by molar-refractivity contribution is -0.385. The second-order valence-electron chi connectivity index (χ2n) is 5.17. The molecule has 0 bridgehead atoms. The van der Waals surface area contributed by atoms with Gasteiger partial charge in [-0.1, -0.05) is 6.07 Å². The molecule has 1 aliphatic heterocycles. The van der Waals surface area contributed by atoms with Gasteiger partial charge in [0.25, 0.3) is 0 Å². The topological polar surface area (TPSA) is 88.3 Å². The number of anilines is 2. The lowest BCUT2D eigenvalue weighted by Crippen LogP contribution is -2.53. The molecule has 0 amide bonds. The fraction of sp³-hybridized carbons (Fsp3) is 0.357. The van der Waals surface area contributed by atoms with E-state index in [9.17, 15) is 10.1 Å². The molecule has 8 heteroatoms. The van der Waals surface area contributed by atoms with Crippen molar-refractivity contribution >= 4 is 17.5 Å². The highest BCUT2D eigenvalue weighted by atomic mass is 16.6. The summed E-state index contributed by atoms with van der Waals surface area (Å²) < 4.78 is 0. The molecule has 8 nitrogen and oxygen atoms in total. The van der Waals surface area contributed by atoms with Crippen LogP contribution < -0.4 is 9.80 Å². The number of rotatable bonds is 3. The van der Waals surface area contributed by atoms with Crippen LogP contribution in [-0.4, -0.2) is 45.6 Å². The minimum atomic E-state index is -0.494. The summed E-state index contributed by atoms with van der Waals surface area (Å²) in [4.78, 5) is 27.0. The Bertz CT molecular complexity index is 648. The van der Waals surface area contributed by atoms with Crippen molar-refractivity contribution in [1.29, 1.82) is 0 Å². The molecule has 1 fully saturated rings.